The molecule has 0 aromatic rings. The SMILES string of the molecule is CC1CC(N(C)CCC(=O)NC(CF)C(O)C2C=CC(SC(F)F)=CC2)CC(O)O1.CC[C@H]1OC(=O)C(C)[C@@H](O[C@@H]2CC(C)[C@H](O)[C@](C)(OC)C2)[C@H](C)C[C@](C)(O)C[C@@H](C)CN(C)C(C)C(O)[C@]1(C)O. The first-order valence-electron chi connectivity index (χ1n) is 25.3. The van der Waals surface area contributed by atoms with Gasteiger partial charge >= 0.3 is 5.97 Å². The lowest BCUT2D eigenvalue weighted by Crippen LogP contribution is -2.59. The number of carbonyl (C=O) groups excluding carboxylic acids is 2. The van der Waals surface area contributed by atoms with Crippen LogP contribution in [0.4, 0.5) is 13.2 Å². The first-order chi connectivity index (χ1) is 32.5. The van der Waals surface area contributed by atoms with Crippen molar-refractivity contribution >= 4 is 23.6 Å². The van der Waals surface area contributed by atoms with Crippen LogP contribution < -0.4 is 5.32 Å². The number of methoxy groups -OCH3 is 1. The zero-order valence-corrected chi connectivity index (χ0v) is 44.9. The van der Waals surface area contributed by atoms with Gasteiger partial charge in [0.25, 0.3) is 5.76 Å². The molecule has 19 atom stereocenters. The Kier molecular flexibility index (Phi) is 24.6. The zero-order valence-electron chi connectivity index (χ0n) is 44.1. The smallest absolute Gasteiger partial charge is 0.311 e. The number of esters is 1. The van der Waals surface area contributed by atoms with Gasteiger partial charge in [-0.1, -0.05) is 57.7 Å². The van der Waals surface area contributed by atoms with E-state index in [4.69, 9.17) is 18.9 Å². The predicted molar refractivity (Wildman–Crippen MR) is 264 cm³/mol. The van der Waals surface area contributed by atoms with Gasteiger partial charge in [-0.05, 0) is 112 Å². The Bertz CT molecular complexity index is 1670. The number of allylic oxidation sites excluding steroid dienone is 2. The number of halogens is 3. The van der Waals surface area contributed by atoms with Crippen molar-refractivity contribution in [3.63, 3.8) is 0 Å². The second-order valence-electron chi connectivity index (χ2n) is 21.9. The first-order valence-corrected chi connectivity index (χ1v) is 26.2. The number of ether oxygens (including phenoxy) is 4. The molecule has 2 aliphatic heterocycles. The third-order valence-corrected chi connectivity index (χ3v) is 16.1. The van der Waals surface area contributed by atoms with Crippen LogP contribution in [0, 0.1) is 29.6 Å². The number of nitrogens with one attached hydrogen (secondary N) is 1. The fourth-order valence-electron chi connectivity index (χ4n) is 11.1. The number of aliphatic hydroxyl groups is 6. The van der Waals surface area contributed by atoms with Crippen molar-refractivity contribution in [2.45, 2.75) is 217 Å². The van der Waals surface area contributed by atoms with Gasteiger partial charge < -0.3 is 64.7 Å². The van der Waals surface area contributed by atoms with Crippen LogP contribution in [0.3, 0.4) is 0 Å². The molecule has 0 aromatic heterocycles. The van der Waals surface area contributed by atoms with Gasteiger partial charge in [0.15, 0.2) is 6.29 Å². The van der Waals surface area contributed by atoms with Gasteiger partial charge in [-0.15, -0.1) is 0 Å². The number of alkyl halides is 3. The van der Waals surface area contributed by atoms with E-state index in [0.29, 0.717) is 74.7 Å². The summed E-state index contributed by atoms with van der Waals surface area (Å²) >= 11 is 0.422. The van der Waals surface area contributed by atoms with Crippen molar-refractivity contribution in [3.05, 3.63) is 23.1 Å². The molecule has 4 rings (SSSR count). The molecule has 3 fully saturated rings. The van der Waals surface area contributed by atoms with Crippen molar-refractivity contribution in [1.29, 1.82) is 0 Å². The lowest BCUT2D eigenvalue weighted by molar-refractivity contribution is -0.203. The molecular formula is C51H90F3N3O12S. The van der Waals surface area contributed by atoms with E-state index in [1.807, 2.05) is 72.4 Å². The van der Waals surface area contributed by atoms with Crippen LogP contribution in [0.15, 0.2) is 23.1 Å². The maximum Gasteiger partial charge on any atom is 0.311 e. The Labute approximate surface area is 420 Å². The van der Waals surface area contributed by atoms with E-state index in [1.54, 1.807) is 26.2 Å². The average molecular weight is 1030 g/mol. The van der Waals surface area contributed by atoms with Gasteiger partial charge in [-0.3, -0.25) is 9.59 Å². The molecule has 2 saturated heterocycles. The number of hydrogen-bond donors (Lipinski definition) is 7. The molecule has 70 heavy (non-hydrogen) atoms. The second-order valence-corrected chi connectivity index (χ2v) is 22.9. The number of nitrogens with zero attached hydrogens (tertiary/aromatic N) is 2. The summed E-state index contributed by atoms with van der Waals surface area (Å²) in [4.78, 5) is 30.3. The van der Waals surface area contributed by atoms with E-state index < -0.39 is 95.9 Å². The fourth-order valence-corrected chi connectivity index (χ4v) is 11.7. The van der Waals surface area contributed by atoms with Crippen LogP contribution in [-0.4, -0.2) is 183 Å². The summed E-state index contributed by atoms with van der Waals surface area (Å²) in [6.07, 6.45) is 3.01. The van der Waals surface area contributed by atoms with Crippen molar-refractivity contribution in [3.8, 4) is 0 Å². The number of rotatable bonds is 14. The van der Waals surface area contributed by atoms with Crippen LogP contribution in [0.1, 0.15) is 127 Å². The van der Waals surface area contributed by atoms with E-state index in [2.05, 4.69) is 12.2 Å². The second kappa shape index (κ2) is 27.6. The largest absolute Gasteiger partial charge is 0.459 e. The topological polar surface area (TPSA) is 211 Å². The highest BCUT2D eigenvalue weighted by molar-refractivity contribution is 8.03. The lowest BCUT2D eigenvalue weighted by atomic mass is 9.75. The maximum absolute atomic E-state index is 13.6. The molecule has 15 nitrogen and oxygen atoms in total. The maximum atomic E-state index is 13.6. The first kappa shape index (κ1) is 62.4. The minimum absolute atomic E-state index is 0.0625. The third kappa shape index (κ3) is 17.9. The summed E-state index contributed by atoms with van der Waals surface area (Å²) in [5.41, 5.74) is -3.47. The monoisotopic (exact) mass is 1030 g/mol. The zero-order chi connectivity index (χ0) is 53.1. The minimum atomic E-state index is -2.52. The molecule has 2 aliphatic carbocycles. The van der Waals surface area contributed by atoms with Crippen LogP contribution in [0.25, 0.3) is 0 Å². The van der Waals surface area contributed by atoms with Gasteiger partial charge in [0, 0.05) is 62.4 Å². The normalized spacial score (nSPS) is 40.5. The fraction of sp³-hybridized carbons (Fsp3) is 0.882. The van der Waals surface area contributed by atoms with E-state index in [0.717, 1.165) is 6.42 Å². The van der Waals surface area contributed by atoms with Crippen LogP contribution in [-0.2, 0) is 28.5 Å². The summed E-state index contributed by atoms with van der Waals surface area (Å²) in [7, 11) is 5.34. The van der Waals surface area contributed by atoms with Gasteiger partial charge in [-0.25, -0.2) is 4.39 Å². The van der Waals surface area contributed by atoms with E-state index >= 15 is 0 Å². The quantitative estimate of drug-likeness (QED) is 0.106. The number of amides is 1. The van der Waals surface area contributed by atoms with Gasteiger partial charge in [0.2, 0.25) is 5.91 Å². The Morgan fingerprint density at radius 3 is 2.23 bits per heavy atom. The number of cyclic esters (lactones) is 1. The van der Waals surface area contributed by atoms with Crippen LogP contribution in [0.5, 0.6) is 0 Å². The number of aliphatic hydroxyl groups excluding tert-OH is 4. The number of hydrogen-bond acceptors (Lipinski definition) is 15. The van der Waals surface area contributed by atoms with Gasteiger partial charge in [0.1, 0.15) is 24.5 Å². The number of thioether (sulfide) groups is 1. The molecule has 19 heteroatoms. The van der Waals surface area contributed by atoms with E-state index in [-0.39, 0.29) is 48.3 Å². The van der Waals surface area contributed by atoms with Crippen LogP contribution >= 0.6 is 11.8 Å². The highest BCUT2D eigenvalue weighted by Gasteiger charge is 2.49. The van der Waals surface area contributed by atoms with Crippen molar-refractivity contribution < 1.29 is 72.3 Å². The molecule has 408 valence electrons. The minimum Gasteiger partial charge on any atom is -0.459 e. The standard InChI is InChI=1S/C31H59NO8.C20H31F3N2O4S/c1-12-24-31(9,37)27(34)22(6)32(10)17-18(2)14-29(7,36)15-20(4)25(21(5)28(35)40-24)39-23-13-19(3)26(33)30(8,16-23)38-11;1-12-9-14(10-18(27)29-12)25(2)8-7-17(26)24-16(11-21)19(28)13-3-5-15(6-4-13)30-20(22)23/h18-27,33-34,36-37H,12-17H2,1-11H3;3,5-6,12-14,16,18-20,27-28H,4,7-11H2,1-2H3,(H,24,26)/t18-,19?,20-,21?,22?,23-,24-,25+,26+,27?,29-,30-,31-;/m1./s1. The Morgan fingerprint density at radius 2 is 1.67 bits per heavy atom. The molecule has 0 radical (unpaired) electrons. The van der Waals surface area contributed by atoms with Crippen molar-refractivity contribution in [1.82, 2.24) is 15.1 Å². The molecular weight excluding hydrogens is 936 g/mol. The van der Waals surface area contributed by atoms with Crippen molar-refractivity contribution in [2.24, 2.45) is 29.6 Å². The predicted octanol–water partition coefficient (Wildman–Crippen LogP) is 5.57. The molecule has 4 aliphatic rings. The summed E-state index contributed by atoms with van der Waals surface area (Å²) in [6.45, 7) is 18.7. The number of carbonyl (C=O) groups is 2. The molecule has 7 N–H and O–H groups in total. The molecule has 2 heterocycles. The summed E-state index contributed by atoms with van der Waals surface area (Å²) in [5, 5.41) is 67.7. The lowest BCUT2D eigenvalue weighted by Gasteiger charge is -2.46. The Balaban J connectivity index is 0.000000385. The van der Waals surface area contributed by atoms with Crippen LogP contribution in [0.2, 0.25) is 0 Å². The molecule has 1 saturated carbocycles. The molecule has 0 aromatic carbocycles. The third-order valence-electron chi connectivity index (χ3n) is 15.3. The van der Waals surface area contributed by atoms with E-state index in [1.165, 1.54) is 13.0 Å². The molecule has 1 amide bonds. The summed E-state index contributed by atoms with van der Waals surface area (Å²) in [5.74, 6) is -4.73. The Morgan fingerprint density at radius 1 is 1.01 bits per heavy atom. The average Bonchev–Trinajstić information content (AvgIpc) is 3.28. The molecule has 0 spiro atoms. The molecule has 0 bridgehead atoms. The van der Waals surface area contributed by atoms with Crippen molar-refractivity contribution in [2.75, 3.05) is 41.0 Å². The number of likely N-dealkylation sites (N-methyl/N-ethyl adjacent to an activating group) is 1. The van der Waals surface area contributed by atoms with Gasteiger partial charge in [-0.2, -0.15) is 8.78 Å². The highest BCUT2D eigenvalue weighted by atomic mass is 32.2. The van der Waals surface area contributed by atoms with E-state index in [9.17, 15) is 53.4 Å². The molecule has 10 unspecified atom stereocenters. The summed E-state index contributed by atoms with van der Waals surface area (Å²) < 4.78 is 61.9. The Hall–Kier alpha value is -1.88. The van der Waals surface area contributed by atoms with Gasteiger partial charge in [0.05, 0.1) is 53.7 Å². The summed E-state index contributed by atoms with van der Waals surface area (Å²) in [6, 6.07) is -1.40. The highest BCUT2D eigenvalue weighted by Crippen LogP contribution is 2.40.